The average molecular weight is 290 g/mol. The van der Waals surface area contributed by atoms with Gasteiger partial charge in [0.1, 0.15) is 18.0 Å². The molecule has 0 bridgehead atoms. The number of nitrogens with zero attached hydrogens (tertiary/aromatic N) is 4. The summed E-state index contributed by atoms with van der Waals surface area (Å²) in [4.78, 5) is 12.7. The Morgan fingerprint density at radius 2 is 1.76 bits per heavy atom. The minimum Gasteiger partial charge on any atom is -0.370 e. The zero-order valence-electron chi connectivity index (χ0n) is 12.8. The lowest BCUT2D eigenvalue weighted by molar-refractivity contribution is 0.379. The minimum atomic E-state index is 0.330. The van der Waals surface area contributed by atoms with Crippen LogP contribution in [0.1, 0.15) is 44.6 Å². The average Bonchev–Trinajstić information content (AvgIpc) is 2.98. The molecule has 2 rings (SSSR count). The largest absolute Gasteiger partial charge is 0.370 e. The van der Waals surface area contributed by atoms with E-state index < -0.39 is 0 Å². The van der Waals surface area contributed by atoms with Crippen LogP contribution in [0, 0.1) is 0 Å². The molecule has 0 saturated heterocycles. The highest BCUT2D eigenvalue weighted by Crippen LogP contribution is 2.28. The molecule has 0 aliphatic carbocycles. The number of nitrogens with one attached hydrogen (secondary N) is 2. The fourth-order valence-electron chi connectivity index (χ4n) is 2.06. The van der Waals surface area contributed by atoms with E-state index in [-0.39, 0.29) is 0 Å². The van der Waals surface area contributed by atoms with Gasteiger partial charge in [0.15, 0.2) is 6.33 Å². The fraction of sp³-hybridized carbons (Fsp3) is 0.571. The summed E-state index contributed by atoms with van der Waals surface area (Å²) in [6, 6.07) is 0. The van der Waals surface area contributed by atoms with Gasteiger partial charge in [-0.1, -0.05) is 25.9 Å². The zero-order chi connectivity index (χ0) is 15.1. The van der Waals surface area contributed by atoms with Gasteiger partial charge in [0.05, 0.1) is 0 Å². The van der Waals surface area contributed by atoms with Crippen molar-refractivity contribution in [2.24, 2.45) is 0 Å². The van der Waals surface area contributed by atoms with E-state index in [0.29, 0.717) is 24.8 Å². The Bertz CT molecular complexity index is 540. The zero-order valence-corrected chi connectivity index (χ0v) is 12.8. The minimum absolute atomic E-state index is 0.330. The molecule has 0 fully saturated rings. The maximum atomic E-state index is 4.98. The van der Waals surface area contributed by atoms with E-state index in [2.05, 4.69) is 51.5 Å². The van der Waals surface area contributed by atoms with Crippen LogP contribution in [0.4, 0.5) is 11.6 Å². The lowest BCUT2D eigenvalue weighted by Gasteiger charge is -2.17. The van der Waals surface area contributed by atoms with E-state index in [9.17, 15) is 0 Å². The van der Waals surface area contributed by atoms with Crippen molar-refractivity contribution in [1.82, 2.24) is 20.1 Å². The Balaban J connectivity index is 2.06. The second kappa shape index (κ2) is 7.56. The molecule has 2 heterocycles. The monoisotopic (exact) mass is 290 g/mol. The SMILES string of the molecule is CCCNc1ncnc(NCCc2ncno2)c1C(C)C. The van der Waals surface area contributed by atoms with E-state index in [4.69, 9.17) is 4.52 Å². The first-order valence-corrected chi connectivity index (χ1v) is 7.30. The van der Waals surface area contributed by atoms with Gasteiger partial charge in [-0.2, -0.15) is 4.98 Å². The molecule has 114 valence electrons. The third kappa shape index (κ3) is 4.14. The maximum absolute atomic E-state index is 4.98. The van der Waals surface area contributed by atoms with Crippen molar-refractivity contribution < 1.29 is 4.52 Å². The summed E-state index contributed by atoms with van der Waals surface area (Å²) in [6.45, 7) is 8.00. The molecule has 0 radical (unpaired) electrons. The molecular formula is C14H22N6O. The molecule has 0 aliphatic rings. The Labute approximate surface area is 124 Å². The van der Waals surface area contributed by atoms with Crippen molar-refractivity contribution in [3.8, 4) is 0 Å². The van der Waals surface area contributed by atoms with Gasteiger partial charge in [-0.25, -0.2) is 9.97 Å². The van der Waals surface area contributed by atoms with Gasteiger partial charge in [-0.05, 0) is 12.3 Å². The smallest absolute Gasteiger partial charge is 0.228 e. The molecule has 0 atom stereocenters. The summed E-state index contributed by atoms with van der Waals surface area (Å²) < 4.78 is 4.98. The van der Waals surface area contributed by atoms with E-state index in [1.165, 1.54) is 6.33 Å². The standard InChI is InChI=1S/C14H22N6O/c1-4-6-15-13-12(10(2)3)14(19-8-18-13)16-7-5-11-17-9-20-21-11/h8-10H,4-7H2,1-3H3,(H2,15,16,18,19). The van der Waals surface area contributed by atoms with Crippen molar-refractivity contribution in [2.45, 2.75) is 39.5 Å². The van der Waals surface area contributed by atoms with Crippen LogP contribution in [0.15, 0.2) is 17.2 Å². The van der Waals surface area contributed by atoms with Crippen LogP contribution < -0.4 is 10.6 Å². The van der Waals surface area contributed by atoms with Crippen LogP contribution in [0.25, 0.3) is 0 Å². The Hall–Kier alpha value is -2.18. The molecule has 7 nitrogen and oxygen atoms in total. The van der Waals surface area contributed by atoms with Gasteiger partial charge in [0.25, 0.3) is 0 Å². The van der Waals surface area contributed by atoms with Crippen LogP contribution in [0.3, 0.4) is 0 Å². The topological polar surface area (TPSA) is 88.8 Å². The second-order valence-electron chi connectivity index (χ2n) is 5.08. The molecule has 0 saturated carbocycles. The van der Waals surface area contributed by atoms with Crippen molar-refractivity contribution >= 4 is 11.6 Å². The number of aromatic nitrogens is 4. The quantitative estimate of drug-likeness (QED) is 0.772. The molecule has 2 aromatic heterocycles. The van der Waals surface area contributed by atoms with Crippen LogP contribution in [0.5, 0.6) is 0 Å². The maximum Gasteiger partial charge on any atom is 0.228 e. The molecule has 2 N–H and O–H groups in total. The Kier molecular flexibility index (Phi) is 5.48. The Morgan fingerprint density at radius 3 is 2.33 bits per heavy atom. The van der Waals surface area contributed by atoms with Gasteiger partial charge < -0.3 is 15.2 Å². The first-order valence-electron chi connectivity index (χ1n) is 7.30. The molecule has 7 heteroatoms. The summed E-state index contributed by atoms with van der Waals surface area (Å²) >= 11 is 0. The number of anilines is 2. The van der Waals surface area contributed by atoms with E-state index >= 15 is 0 Å². The first-order chi connectivity index (χ1) is 10.2. The van der Waals surface area contributed by atoms with Gasteiger partial charge in [0.2, 0.25) is 5.89 Å². The fourth-order valence-corrected chi connectivity index (χ4v) is 2.06. The second-order valence-corrected chi connectivity index (χ2v) is 5.08. The number of hydrogen-bond donors (Lipinski definition) is 2. The lowest BCUT2D eigenvalue weighted by Crippen LogP contribution is -2.13. The van der Waals surface area contributed by atoms with E-state index in [0.717, 1.165) is 30.2 Å². The molecule has 0 aliphatic heterocycles. The summed E-state index contributed by atoms with van der Waals surface area (Å²) in [6.07, 6.45) is 4.71. The van der Waals surface area contributed by atoms with Crippen molar-refractivity contribution in [3.63, 3.8) is 0 Å². The van der Waals surface area contributed by atoms with Crippen molar-refractivity contribution in [2.75, 3.05) is 23.7 Å². The van der Waals surface area contributed by atoms with Gasteiger partial charge in [-0.15, -0.1) is 0 Å². The summed E-state index contributed by atoms with van der Waals surface area (Å²) in [7, 11) is 0. The third-order valence-corrected chi connectivity index (χ3v) is 3.04. The summed E-state index contributed by atoms with van der Waals surface area (Å²) in [5.41, 5.74) is 1.11. The number of rotatable bonds is 8. The van der Waals surface area contributed by atoms with Crippen LogP contribution in [-0.4, -0.2) is 33.2 Å². The van der Waals surface area contributed by atoms with Crippen LogP contribution in [-0.2, 0) is 6.42 Å². The summed E-state index contributed by atoms with van der Waals surface area (Å²) in [5.74, 6) is 2.71. The molecule has 0 unspecified atom stereocenters. The Morgan fingerprint density at radius 1 is 1.05 bits per heavy atom. The van der Waals surface area contributed by atoms with Gasteiger partial charge >= 0.3 is 0 Å². The van der Waals surface area contributed by atoms with E-state index in [1.807, 2.05) is 0 Å². The summed E-state index contributed by atoms with van der Waals surface area (Å²) in [5, 5.41) is 10.3. The van der Waals surface area contributed by atoms with Crippen LogP contribution in [0.2, 0.25) is 0 Å². The highest BCUT2D eigenvalue weighted by molar-refractivity contribution is 5.59. The highest BCUT2D eigenvalue weighted by atomic mass is 16.5. The van der Waals surface area contributed by atoms with Gasteiger partial charge in [0, 0.05) is 25.1 Å². The van der Waals surface area contributed by atoms with Crippen LogP contribution >= 0.6 is 0 Å². The predicted molar refractivity (Wildman–Crippen MR) is 81.4 cm³/mol. The lowest BCUT2D eigenvalue weighted by atomic mass is 10.0. The first kappa shape index (κ1) is 15.2. The molecule has 0 amide bonds. The van der Waals surface area contributed by atoms with Crippen molar-refractivity contribution in [1.29, 1.82) is 0 Å². The molecule has 21 heavy (non-hydrogen) atoms. The predicted octanol–water partition coefficient (Wildman–Crippen LogP) is 2.46. The molecular weight excluding hydrogens is 268 g/mol. The molecule has 0 spiro atoms. The third-order valence-electron chi connectivity index (χ3n) is 3.04. The normalized spacial score (nSPS) is 10.9. The molecule has 0 aromatic carbocycles. The van der Waals surface area contributed by atoms with E-state index in [1.54, 1.807) is 6.33 Å². The van der Waals surface area contributed by atoms with Crippen molar-refractivity contribution in [3.05, 3.63) is 24.1 Å². The van der Waals surface area contributed by atoms with Gasteiger partial charge in [-0.3, -0.25) is 0 Å². The highest BCUT2D eigenvalue weighted by Gasteiger charge is 2.14. The molecule has 2 aromatic rings. The number of hydrogen-bond acceptors (Lipinski definition) is 7.